The van der Waals surface area contributed by atoms with Gasteiger partial charge in [-0.15, -0.1) is 0 Å². The van der Waals surface area contributed by atoms with E-state index >= 15 is 0 Å². The fraction of sp³-hybridized carbons (Fsp3) is 0.833. The highest BCUT2D eigenvalue weighted by Gasteiger charge is 2.36. The van der Waals surface area contributed by atoms with Crippen molar-refractivity contribution in [3.63, 3.8) is 0 Å². The molecule has 0 saturated heterocycles. The first kappa shape index (κ1) is 11.5. The SMILES string of the molecule is NC(N)([C@H](O)CO)[C@H](O)CC=O. The van der Waals surface area contributed by atoms with Crippen molar-refractivity contribution in [3.05, 3.63) is 0 Å². The van der Waals surface area contributed by atoms with Crippen LogP contribution in [-0.2, 0) is 4.79 Å². The zero-order valence-corrected chi connectivity index (χ0v) is 6.55. The van der Waals surface area contributed by atoms with Crippen LogP contribution < -0.4 is 11.5 Å². The van der Waals surface area contributed by atoms with Crippen molar-refractivity contribution in [2.45, 2.75) is 24.3 Å². The monoisotopic (exact) mass is 178 g/mol. The molecule has 0 spiro atoms. The molecular formula is C6H14N2O4. The van der Waals surface area contributed by atoms with Crippen LogP contribution in [0.5, 0.6) is 0 Å². The highest BCUT2D eigenvalue weighted by atomic mass is 16.3. The first-order valence-electron chi connectivity index (χ1n) is 3.45. The summed E-state index contributed by atoms with van der Waals surface area (Å²) in [4.78, 5) is 9.96. The minimum Gasteiger partial charge on any atom is -0.394 e. The van der Waals surface area contributed by atoms with E-state index in [9.17, 15) is 4.79 Å². The molecule has 0 aromatic rings. The Morgan fingerprint density at radius 2 is 1.83 bits per heavy atom. The molecule has 0 aromatic heterocycles. The summed E-state index contributed by atoms with van der Waals surface area (Å²) >= 11 is 0. The predicted molar refractivity (Wildman–Crippen MR) is 40.9 cm³/mol. The second kappa shape index (κ2) is 4.48. The first-order valence-corrected chi connectivity index (χ1v) is 3.45. The maximum atomic E-state index is 9.96. The van der Waals surface area contributed by atoms with Gasteiger partial charge in [0.05, 0.1) is 12.7 Å². The normalized spacial score (nSPS) is 17.1. The van der Waals surface area contributed by atoms with E-state index in [1.165, 1.54) is 0 Å². The van der Waals surface area contributed by atoms with Crippen LogP contribution in [0.3, 0.4) is 0 Å². The Balaban J connectivity index is 4.25. The fourth-order valence-corrected chi connectivity index (χ4v) is 0.675. The summed E-state index contributed by atoms with van der Waals surface area (Å²) in [6.45, 7) is -0.664. The number of rotatable bonds is 5. The van der Waals surface area contributed by atoms with E-state index in [1.807, 2.05) is 0 Å². The molecule has 0 aromatic carbocycles. The molecule has 0 saturated carbocycles. The molecule has 0 aliphatic heterocycles. The molecule has 0 rings (SSSR count). The molecular weight excluding hydrogens is 164 g/mol. The summed E-state index contributed by atoms with van der Waals surface area (Å²) in [5.41, 5.74) is 8.67. The summed E-state index contributed by atoms with van der Waals surface area (Å²) in [5, 5.41) is 26.6. The molecule has 0 aliphatic carbocycles. The third-order valence-corrected chi connectivity index (χ3v) is 1.65. The van der Waals surface area contributed by atoms with Gasteiger partial charge in [0.25, 0.3) is 0 Å². The van der Waals surface area contributed by atoms with Crippen LogP contribution in [0.1, 0.15) is 6.42 Å². The lowest BCUT2D eigenvalue weighted by molar-refractivity contribution is -0.112. The average molecular weight is 178 g/mol. The van der Waals surface area contributed by atoms with E-state index in [0.717, 1.165) is 0 Å². The van der Waals surface area contributed by atoms with Gasteiger partial charge in [-0.2, -0.15) is 0 Å². The maximum Gasteiger partial charge on any atom is 0.122 e. The minimum absolute atomic E-state index is 0.274. The highest BCUT2D eigenvalue weighted by Crippen LogP contribution is 2.07. The van der Waals surface area contributed by atoms with Crippen LogP contribution in [0.25, 0.3) is 0 Å². The second-order valence-electron chi connectivity index (χ2n) is 2.62. The standard InChI is InChI=1S/C6H14N2O4/c7-6(8,5(12)3-10)4(11)1-2-9/h2,4-5,10-12H,1,3,7-8H2/t4-,5-/m1/s1. The molecule has 0 fully saturated rings. The van der Waals surface area contributed by atoms with Crippen LogP contribution >= 0.6 is 0 Å². The van der Waals surface area contributed by atoms with Crippen molar-refractivity contribution in [1.82, 2.24) is 0 Å². The van der Waals surface area contributed by atoms with Gasteiger partial charge in [-0.25, -0.2) is 0 Å². The molecule has 6 heteroatoms. The van der Waals surface area contributed by atoms with Crippen LogP contribution in [0.2, 0.25) is 0 Å². The van der Waals surface area contributed by atoms with E-state index in [-0.39, 0.29) is 6.42 Å². The lowest BCUT2D eigenvalue weighted by atomic mass is 9.96. The van der Waals surface area contributed by atoms with Crippen LogP contribution in [0, 0.1) is 0 Å². The van der Waals surface area contributed by atoms with Crippen molar-refractivity contribution in [2.24, 2.45) is 11.5 Å². The molecule has 7 N–H and O–H groups in total. The lowest BCUT2D eigenvalue weighted by Crippen LogP contribution is -2.67. The quantitative estimate of drug-likeness (QED) is 0.224. The topological polar surface area (TPSA) is 130 Å². The second-order valence-corrected chi connectivity index (χ2v) is 2.62. The van der Waals surface area contributed by atoms with E-state index in [0.29, 0.717) is 6.29 Å². The van der Waals surface area contributed by atoms with E-state index in [1.54, 1.807) is 0 Å². The molecule has 0 aliphatic rings. The minimum atomic E-state index is -1.85. The van der Waals surface area contributed by atoms with Gasteiger partial charge in [-0.1, -0.05) is 0 Å². The first-order chi connectivity index (χ1) is 5.46. The number of carbonyl (C=O) groups is 1. The lowest BCUT2D eigenvalue weighted by Gasteiger charge is -2.32. The van der Waals surface area contributed by atoms with Crippen LogP contribution in [0.15, 0.2) is 0 Å². The third-order valence-electron chi connectivity index (χ3n) is 1.65. The number of hydrogen-bond acceptors (Lipinski definition) is 6. The Kier molecular flexibility index (Phi) is 4.29. The number of carbonyl (C=O) groups excluding carboxylic acids is 1. The maximum absolute atomic E-state index is 9.96. The predicted octanol–water partition coefficient (Wildman–Crippen LogP) is -3.10. The summed E-state index contributed by atoms with van der Waals surface area (Å²) in [6, 6.07) is 0. The van der Waals surface area contributed by atoms with Gasteiger partial charge < -0.3 is 31.6 Å². The Morgan fingerprint density at radius 3 is 2.17 bits per heavy atom. The van der Waals surface area contributed by atoms with Crippen molar-refractivity contribution in [3.8, 4) is 0 Å². The summed E-state index contributed by atoms with van der Waals surface area (Å²) in [5.74, 6) is 0. The summed E-state index contributed by atoms with van der Waals surface area (Å²) < 4.78 is 0. The van der Waals surface area contributed by atoms with Gasteiger partial charge in [0, 0.05) is 6.42 Å². The van der Waals surface area contributed by atoms with Gasteiger partial charge in [0.2, 0.25) is 0 Å². The molecule has 12 heavy (non-hydrogen) atoms. The molecule has 0 radical (unpaired) electrons. The molecule has 0 unspecified atom stereocenters. The number of aldehydes is 1. The fourth-order valence-electron chi connectivity index (χ4n) is 0.675. The van der Waals surface area contributed by atoms with Crippen molar-refractivity contribution < 1.29 is 20.1 Å². The van der Waals surface area contributed by atoms with E-state index < -0.39 is 24.5 Å². The molecule has 2 atom stereocenters. The number of hydrogen-bond donors (Lipinski definition) is 5. The van der Waals surface area contributed by atoms with Gasteiger partial charge in [-0.05, 0) is 0 Å². The van der Waals surface area contributed by atoms with Gasteiger partial charge in [-0.3, -0.25) is 0 Å². The van der Waals surface area contributed by atoms with Crippen molar-refractivity contribution >= 4 is 6.29 Å². The Bertz CT molecular complexity index is 150. The molecule has 72 valence electrons. The molecule has 6 nitrogen and oxygen atoms in total. The van der Waals surface area contributed by atoms with Gasteiger partial charge in [0.15, 0.2) is 0 Å². The zero-order valence-electron chi connectivity index (χ0n) is 6.55. The zero-order chi connectivity index (χ0) is 9.78. The Labute approximate surface area is 69.8 Å². The smallest absolute Gasteiger partial charge is 0.122 e. The molecule has 0 bridgehead atoms. The largest absolute Gasteiger partial charge is 0.394 e. The van der Waals surface area contributed by atoms with Gasteiger partial charge >= 0.3 is 0 Å². The number of aliphatic hydroxyl groups excluding tert-OH is 3. The Hall–Kier alpha value is -0.530. The average Bonchev–Trinajstić information content (AvgIpc) is 2.03. The molecule has 0 amide bonds. The van der Waals surface area contributed by atoms with Crippen molar-refractivity contribution in [1.29, 1.82) is 0 Å². The summed E-state index contributed by atoms with van der Waals surface area (Å²) in [7, 11) is 0. The van der Waals surface area contributed by atoms with Crippen molar-refractivity contribution in [2.75, 3.05) is 6.61 Å². The van der Waals surface area contributed by atoms with E-state index in [2.05, 4.69) is 0 Å². The number of aliphatic hydroxyl groups is 3. The third kappa shape index (κ3) is 2.50. The van der Waals surface area contributed by atoms with Crippen LogP contribution in [0.4, 0.5) is 0 Å². The van der Waals surface area contributed by atoms with Gasteiger partial charge in [0.1, 0.15) is 18.1 Å². The van der Waals surface area contributed by atoms with Crippen LogP contribution in [-0.4, -0.2) is 46.1 Å². The highest BCUT2D eigenvalue weighted by molar-refractivity contribution is 5.50. The molecule has 0 heterocycles. The number of nitrogens with two attached hydrogens (primary N) is 2. The summed E-state index contributed by atoms with van der Waals surface area (Å²) in [6.07, 6.45) is -2.66. The Morgan fingerprint density at radius 1 is 1.33 bits per heavy atom. The van der Waals surface area contributed by atoms with E-state index in [4.69, 9.17) is 26.8 Å².